The third-order valence-electron chi connectivity index (χ3n) is 4.03. The first-order chi connectivity index (χ1) is 10.9. The first-order valence-electron chi connectivity index (χ1n) is 7.99. The number of nitrogens with one attached hydrogen (secondary N) is 1. The molecule has 1 aromatic rings. The minimum Gasteiger partial charge on any atom is -0.351 e. The van der Waals surface area contributed by atoms with E-state index in [4.69, 9.17) is 5.73 Å². The lowest BCUT2D eigenvalue weighted by molar-refractivity contribution is -0.132. The second-order valence-electron chi connectivity index (χ2n) is 6.38. The van der Waals surface area contributed by atoms with Crippen LogP contribution in [0, 0.1) is 11.8 Å². The van der Waals surface area contributed by atoms with Crippen LogP contribution in [0.25, 0.3) is 0 Å². The van der Waals surface area contributed by atoms with Gasteiger partial charge < -0.3 is 16.0 Å². The molecule has 1 aliphatic heterocycles. The van der Waals surface area contributed by atoms with Gasteiger partial charge in [0.25, 0.3) is 0 Å². The molecule has 3 N–H and O–H groups in total. The number of carbonyl (C=O) groups is 2. The third kappa shape index (κ3) is 5.19. The lowest BCUT2D eigenvalue weighted by Gasteiger charge is -2.21. The maximum Gasteiger partial charge on any atom is 0.239 e. The van der Waals surface area contributed by atoms with Crippen LogP contribution in [-0.2, 0) is 9.59 Å². The van der Waals surface area contributed by atoms with E-state index in [1.165, 1.54) is 0 Å². The van der Waals surface area contributed by atoms with Crippen molar-refractivity contribution < 1.29 is 9.59 Å². The predicted molar refractivity (Wildman–Crippen MR) is 102 cm³/mol. The minimum absolute atomic E-state index is 0. The van der Waals surface area contributed by atoms with Crippen molar-refractivity contribution in [3.63, 3.8) is 0 Å². The summed E-state index contributed by atoms with van der Waals surface area (Å²) in [7, 11) is 0. The Bertz CT molecular complexity index is 583. The number of hydrogen-bond acceptors (Lipinski definition) is 3. The quantitative estimate of drug-likeness (QED) is 0.698. The van der Waals surface area contributed by atoms with E-state index in [-0.39, 0.29) is 30.3 Å². The van der Waals surface area contributed by atoms with Crippen molar-refractivity contribution in [3.05, 3.63) is 28.7 Å². The lowest BCUT2D eigenvalue weighted by atomic mass is 10.0. The van der Waals surface area contributed by atoms with Gasteiger partial charge in [0.2, 0.25) is 11.8 Å². The van der Waals surface area contributed by atoms with Crippen molar-refractivity contribution in [2.45, 2.75) is 32.7 Å². The summed E-state index contributed by atoms with van der Waals surface area (Å²) in [6.07, 6.45) is 1.36. The Kier molecular flexibility index (Phi) is 8.19. The maximum absolute atomic E-state index is 12.6. The predicted octanol–water partition coefficient (Wildman–Crippen LogP) is 2.71. The molecule has 1 aliphatic rings. The molecule has 1 fully saturated rings. The van der Waals surface area contributed by atoms with Gasteiger partial charge >= 0.3 is 0 Å². The number of carbonyl (C=O) groups excluding carboxylic acids is 2. The van der Waals surface area contributed by atoms with Crippen LogP contribution in [0.2, 0.25) is 0 Å². The Morgan fingerprint density at radius 3 is 2.75 bits per heavy atom. The molecular formula is C17H25BrClN3O2. The summed E-state index contributed by atoms with van der Waals surface area (Å²) >= 11 is 3.41. The van der Waals surface area contributed by atoms with Gasteiger partial charge in [-0.2, -0.15) is 0 Å². The minimum atomic E-state index is -0.616. The topological polar surface area (TPSA) is 75.4 Å². The highest BCUT2D eigenvalue weighted by Crippen LogP contribution is 2.27. The van der Waals surface area contributed by atoms with Gasteiger partial charge in [0.1, 0.15) is 5.92 Å². The number of halogens is 2. The van der Waals surface area contributed by atoms with Crippen molar-refractivity contribution >= 4 is 45.8 Å². The molecule has 2 unspecified atom stereocenters. The van der Waals surface area contributed by atoms with Gasteiger partial charge in [-0.05, 0) is 37.0 Å². The molecule has 2 amide bonds. The number of nitrogens with two attached hydrogens (primary N) is 1. The first-order valence-corrected chi connectivity index (χ1v) is 8.79. The number of hydrogen-bond donors (Lipinski definition) is 2. The van der Waals surface area contributed by atoms with Gasteiger partial charge in [0, 0.05) is 29.3 Å². The molecule has 7 heteroatoms. The fourth-order valence-corrected chi connectivity index (χ4v) is 3.30. The lowest BCUT2D eigenvalue weighted by Crippen LogP contribution is -2.45. The van der Waals surface area contributed by atoms with Crippen molar-refractivity contribution in [1.82, 2.24) is 5.32 Å². The number of anilines is 1. The van der Waals surface area contributed by atoms with Crippen LogP contribution in [0.3, 0.4) is 0 Å². The molecule has 0 radical (unpaired) electrons. The van der Waals surface area contributed by atoms with Crippen molar-refractivity contribution in [1.29, 1.82) is 0 Å². The van der Waals surface area contributed by atoms with E-state index in [1.54, 1.807) is 4.90 Å². The summed E-state index contributed by atoms with van der Waals surface area (Å²) in [5.74, 6) is -0.513. The highest BCUT2D eigenvalue weighted by molar-refractivity contribution is 9.10. The zero-order valence-electron chi connectivity index (χ0n) is 14.0. The van der Waals surface area contributed by atoms with Crippen molar-refractivity contribution in [3.8, 4) is 0 Å². The molecule has 24 heavy (non-hydrogen) atoms. The molecule has 0 aromatic heterocycles. The molecule has 1 aromatic carbocycles. The summed E-state index contributed by atoms with van der Waals surface area (Å²) in [6.45, 7) is 5.13. The van der Waals surface area contributed by atoms with Gasteiger partial charge in [-0.1, -0.05) is 35.8 Å². The largest absolute Gasteiger partial charge is 0.351 e. The zero-order chi connectivity index (χ0) is 17.0. The number of nitrogens with zero attached hydrogens (tertiary/aromatic N) is 1. The van der Waals surface area contributed by atoms with Crippen LogP contribution >= 0.6 is 28.3 Å². The van der Waals surface area contributed by atoms with Crippen LogP contribution < -0.4 is 16.0 Å². The molecule has 5 nitrogen and oxygen atoms in total. The van der Waals surface area contributed by atoms with Gasteiger partial charge in [0.15, 0.2) is 0 Å². The van der Waals surface area contributed by atoms with E-state index in [0.29, 0.717) is 25.4 Å². The molecule has 0 bridgehead atoms. The second-order valence-corrected chi connectivity index (χ2v) is 7.30. The normalized spacial score (nSPS) is 18.5. The Morgan fingerprint density at radius 1 is 1.46 bits per heavy atom. The molecule has 0 saturated carbocycles. The second kappa shape index (κ2) is 9.39. The number of benzene rings is 1. The molecule has 1 heterocycles. The molecule has 2 atom stereocenters. The fourth-order valence-electron chi connectivity index (χ4n) is 2.91. The van der Waals surface area contributed by atoms with Crippen LogP contribution in [-0.4, -0.2) is 30.9 Å². The summed E-state index contributed by atoms with van der Waals surface area (Å²) in [5, 5.41) is 2.93. The molecule has 1 saturated heterocycles. The monoisotopic (exact) mass is 417 g/mol. The van der Waals surface area contributed by atoms with E-state index in [9.17, 15) is 9.59 Å². The van der Waals surface area contributed by atoms with Gasteiger partial charge in [-0.15, -0.1) is 12.4 Å². The summed E-state index contributed by atoms with van der Waals surface area (Å²) in [6, 6.07) is 7.48. The first kappa shape index (κ1) is 20.9. The summed E-state index contributed by atoms with van der Waals surface area (Å²) in [4.78, 5) is 26.7. The Morgan fingerprint density at radius 2 is 2.17 bits per heavy atom. The highest BCUT2D eigenvalue weighted by atomic mass is 79.9. The van der Waals surface area contributed by atoms with Crippen molar-refractivity contribution in [2.24, 2.45) is 17.6 Å². The fraction of sp³-hybridized carbons (Fsp3) is 0.529. The molecule has 134 valence electrons. The number of rotatable bonds is 6. The van der Waals surface area contributed by atoms with Crippen LogP contribution in [0.4, 0.5) is 5.69 Å². The summed E-state index contributed by atoms with van der Waals surface area (Å²) < 4.78 is 0.913. The molecule has 0 spiro atoms. The third-order valence-corrected chi connectivity index (χ3v) is 4.52. The van der Waals surface area contributed by atoms with Gasteiger partial charge in [0.05, 0.1) is 0 Å². The smallest absolute Gasteiger partial charge is 0.239 e. The van der Waals surface area contributed by atoms with Crippen LogP contribution in [0.1, 0.15) is 26.7 Å². The Hall–Kier alpha value is -1.11. The number of amides is 2. The van der Waals surface area contributed by atoms with Gasteiger partial charge in [-0.3, -0.25) is 9.59 Å². The Labute approximate surface area is 157 Å². The zero-order valence-corrected chi connectivity index (χ0v) is 16.4. The van der Waals surface area contributed by atoms with E-state index >= 15 is 0 Å². The standard InChI is InChI=1S/C17H24BrN3O2.ClH/c1-11(2)8-13(10-19)20-16(22)15-6-7-21(17(15)23)14-5-3-4-12(18)9-14;/h3-5,9,11,13,15H,6-8,10,19H2,1-2H3,(H,20,22);1H. The highest BCUT2D eigenvalue weighted by Gasteiger charge is 2.38. The average Bonchev–Trinajstić information content (AvgIpc) is 2.87. The Balaban J connectivity index is 0.00000288. The van der Waals surface area contributed by atoms with Crippen molar-refractivity contribution in [2.75, 3.05) is 18.0 Å². The summed E-state index contributed by atoms with van der Waals surface area (Å²) in [5.41, 5.74) is 6.54. The average molecular weight is 419 g/mol. The molecular weight excluding hydrogens is 394 g/mol. The van der Waals surface area contributed by atoms with E-state index < -0.39 is 5.92 Å². The van der Waals surface area contributed by atoms with E-state index in [1.807, 2.05) is 24.3 Å². The maximum atomic E-state index is 12.6. The van der Waals surface area contributed by atoms with Crippen LogP contribution in [0.15, 0.2) is 28.7 Å². The van der Waals surface area contributed by atoms with Gasteiger partial charge in [-0.25, -0.2) is 0 Å². The van der Waals surface area contributed by atoms with Crippen LogP contribution in [0.5, 0.6) is 0 Å². The molecule has 0 aliphatic carbocycles. The van der Waals surface area contributed by atoms with E-state index in [2.05, 4.69) is 35.1 Å². The SMILES string of the molecule is CC(C)CC(CN)NC(=O)C1CCN(c2cccc(Br)c2)C1=O.Cl. The van der Waals surface area contributed by atoms with E-state index in [0.717, 1.165) is 16.6 Å². The molecule has 2 rings (SSSR count).